The standard InChI is InChI=1S/C22H23N3O6.C2HF3O2/c1-14(26)30-13-18-16(8-9-19-17(18)11-23-25-19)10-20(21(27)29-2)24-22(28)31-12-15-6-4-3-5-7-15;3-2(4,5)1(6)7/h3-9,11,20H,10,12-13H2,1-2H3,(H,23,25)(H,24,28);(H,6,7)/t20-;/m1./s1. The quantitative estimate of drug-likeness (QED) is 0.289. The number of methoxy groups -OCH3 is 1. The van der Waals surface area contributed by atoms with E-state index >= 15 is 0 Å². The van der Waals surface area contributed by atoms with E-state index in [1.807, 2.05) is 30.3 Å². The molecule has 14 heteroatoms. The Bertz CT molecular complexity index is 1260. The van der Waals surface area contributed by atoms with Crippen molar-refractivity contribution < 1.29 is 51.7 Å². The van der Waals surface area contributed by atoms with Gasteiger partial charge < -0.3 is 24.6 Å². The lowest BCUT2D eigenvalue weighted by Gasteiger charge is -2.19. The number of amides is 1. The van der Waals surface area contributed by atoms with Crippen molar-refractivity contribution in [1.82, 2.24) is 15.5 Å². The average Bonchev–Trinajstić information content (AvgIpc) is 3.35. The molecule has 0 radical (unpaired) electrons. The zero-order valence-electron chi connectivity index (χ0n) is 20.2. The zero-order valence-corrected chi connectivity index (χ0v) is 20.2. The van der Waals surface area contributed by atoms with E-state index in [1.54, 1.807) is 18.3 Å². The Balaban J connectivity index is 0.000000638. The topological polar surface area (TPSA) is 157 Å². The second-order valence-electron chi connectivity index (χ2n) is 7.60. The number of nitrogens with one attached hydrogen (secondary N) is 2. The minimum atomic E-state index is -5.08. The van der Waals surface area contributed by atoms with Gasteiger partial charge in [-0.05, 0) is 17.2 Å². The molecule has 3 N–H and O–H groups in total. The first kappa shape index (κ1) is 29.6. The molecule has 204 valence electrons. The van der Waals surface area contributed by atoms with Crippen molar-refractivity contribution >= 4 is 34.9 Å². The molecular weight excluding hydrogens is 515 g/mol. The molecule has 1 atom stereocenters. The number of hydrogen-bond acceptors (Lipinski definition) is 8. The molecule has 0 aliphatic heterocycles. The molecule has 0 spiro atoms. The lowest BCUT2D eigenvalue weighted by Crippen LogP contribution is -2.43. The first-order valence-electron chi connectivity index (χ1n) is 10.8. The summed E-state index contributed by atoms with van der Waals surface area (Å²) in [5.74, 6) is -3.81. The summed E-state index contributed by atoms with van der Waals surface area (Å²) < 4.78 is 47.0. The highest BCUT2D eigenvalue weighted by Crippen LogP contribution is 2.23. The smallest absolute Gasteiger partial charge is 0.475 e. The highest BCUT2D eigenvalue weighted by molar-refractivity contribution is 5.85. The highest BCUT2D eigenvalue weighted by atomic mass is 19.4. The Morgan fingerprint density at radius 2 is 1.71 bits per heavy atom. The molecule has 0 saturated heterocycles. The number of carboxylic acids is 1. The number of alkyl carbamates (subject to hydrolysis) is 1. The molecule has 3 aromatic rings. The number of nitrogens with zero attached hydrogens (tertiary/aromatic N) is 1. The summed E-state index contributed by atoms with van der Waals surface area (Å²) >= 11 is 0. The van der Waals surface area contributed by atoms with Gasteiger partial charge in [0.25, 0.3) is 0 Å². The van der Waals surface area contributed by atoms with Crippen LogP contribution in [0.15, 0.2) is 48.7 Å². The van der Waals surface area contributed by atoms with Crippen LogP contribution in [-0.2, 0) is 48.2 Å². The summed E-state index contributed by atoms with van der Waals surface area (Å²) in [6.07, 6.45) is -4.10. The van der Waals surface area contributed by atoms with Crippen molar-refractivity contribution in [3.8, 4) is 0 Å². The van der Waals surface area contributed by atoms with E-state index in [4.69, 9.17) is 24.1 Å². The molecule has 1 amide bonds. The van der Waals surface area contributed by atoms with Crippen LogP contribution in [-0.4, -0.2) is 58.6 Å². The van der Waals surface area contributed by atoms with Crippen molar-refractivity contribution in [3.05, 3.63) is 65.4 Å². The van der Waals surface area contributed by atoms with Gasteiger partial charge in [0.15, 0.2) is 0 Å². The fourth-order valence-electron chi connectivity index (χ4n) is 3.12. The molecule has 38 heavy (non-hydrogen) atoms. The van der Waals surface area contributed by atoms with Crippen LogP contribution in [0.3, 0.4) is 0 Å². The van der Waals surface area contributed by atoms with Crippen LogP contribution in [0.5, 0.6) is 0 Å². The normalized spacial score (nSPS) is 11.5. The number of aromatic amines is 1. The van der Waals surface area contributed by atoms with Gasteiger partial charge >= 0.3 is 30.2 Å². The van der Waals surface area contributed by atoms with Crippen LogP contribution in [0.1, 0.15) is 23.6 Å². The third-order valence-corrected chi connectivity index (χ3v) is 4.91. The minimum absolute atomic E-state index is 0.00782. The second-order valence-corrected chi connectivity index (χ2v) is 7.60. The van der Waals surface area contributed by atoms with E-state index in [2.05, 4.69) is 15.5 Å². The van der Waals surface area contributed by atoms with Gasteiger partial charge in [0.1, 0.15) is 19.3 Å². The van der Waals surface area contributed by atoms with Crippen molar-refractivity contribution in [2.75, 3.05) is 7.11 Å². The number of rotatable bonds is 8. The first-order valence-corrected chi connectivity index (χ1v) is 10.8. The number of esters is 2. The Morgan fingerprint density at radius 3 is 2.29 bits per heavy atom. The summed E-state index contributed by atoms with van der Waals surface area (Å²) in [6, 6.07) is 11.8. The summed E-state index contributed by atoms with van der Waals surface area (Å²) in [7, 11) is 1.24. The van der Waals surface area contributed by atoms with Gasteiger partial charge in [0.2, 0.25) is 0 Å². The van der Waals surface area contributed by atoms with Crippen LogP contribution in [0.4, 0.5) is 18.0 Å². The number of halogens is 3. The zero-order chi connectivity index (χ0) is 28.3. The summed E-state index contributed by atoms with van der Waals surface area (Å²) in [5.41, 5.74) is 2.97. The number of H-pyrrole nitrogens is 1. The molecule has 1 heterocycles. The molecule has 0 unspecified atom stereocenters. The van der Waals surface area contributed by atoms with Crippen LogP contribution in [0.25, 0.3) is 10.9 Å². The Hall–Kier alpha value is -4.62. The van der Waals surface area contributed by atoms with E-state index in [0.717, 1.165) is 16.5 Å². The maximum atomic E-state index is 12.3. The number of carbonyl (C=O) groups is 4. The molecule has 0 saturated carbocycles. The van der Waals surface area contributed by atoms with E-state index in [9.17, 15) is 27.6 Å². The average molecular weight is 539 g/mol. The molecule has 3 rings (SSSR count). The molecule has 0 aliphatic carbocycles. The Kier molecular flexibility index (Phi) is 10.6. The summed E-state index contributed by atoms with van der Waals surface area (Å²) in [6.45, 7) is 1.39. The maximum Gasteiger partial charge on any atom is 0.490 e. The Morgan fingerprint density at radius 1 is 1.05 bits per heavy atom. The molecule has 11 nitrogen and oxygen atoms in total. The molecule has 0 aliphatic rings. The monoisotopic (exact) mass is 539 g/mol. The van der Waals surface area contributed by atoms with Crippen LogP contribution in [0.2, 0.25) is 0 Å². The van der Waals surface area contributed by atoms with Crippen LogP contribution >= 0.6 is 0 Å². The van der Waals surface area contributed by atoms with Crippen molar-refractivity contribution in [3.63, 3.8) is 0 Å². The maximum absolute atomic E-state index is 12.3. The van der Waals surface area contributed by atoms with Gasteiger partial charge in [-0.1, -0.05) is 36.4 Å². The van der Waals surface area contributed by atoms with Crippen LogP contribution in [0, 0.1) is 0 Å². The molecule has 0 fully saturated rings. The third-order valence-electron chi connectivity index (χ3n) is 4.91. The van der Waals surface area contributed by atoms with E-state index in [1.165, 1.54) is 14.0 Å². The second kappa shape index (κ2) is 13.6. The fourth-order valence-corrected chi connectivity index (χ4v) is 3.12. The van der Waals surface area contributed by atoms with Gasteiger partial charge in [-0.3, -0.25) is 9.89 Å². The highest BCUT2D eigenvalue weighted by Gasteiger charge is 2.38. The van der Waals surface area contributed by atoms with Crippen molar-refractivity contribution in [2.45, 2.75) is 38.8 Å². The number of alkyl halides is 3. The lowest BCUT2D eigenvalue weighted by molar-refractivity contribution is -0.192. The van der Waals surface area contributed by atoms with Gasteiger partial charge in [-0.15, -0.1) is 0 Å². The Labute approximate surface area is 213 Å². The number of benzene rings is 2. The van der Waals surface area contributed by atoms with Crippen molar-refractivity contribution in [2.24, 2.45) is 0 Å². The number of fused-ring (bicyclic) bond motifs is 1. The predicted octanol–water partition coefficient (Wildman–Crippen LogP) is 3.27. The summed E-state index contributed by atoms with van der Waals surface area (Å²) in [5, 5.41) is 17.3. The molecule has 2 aromatic carbocycles. The van der Waals surface area contributed by atoms with E-state index in [-0.39, 0.29) is 19.6 Å². The molecule has 1 aromatic heterocycles. The van der Waals surface area contributed by atoms with Crippen molar-refractivity contribution in [1.29, 1.82) is 0 Å². The number of carbonyl (C=O) groups excluding carboxylic acids is 3. The van der Waals surface area contributed by atoms with Gasteiger partial charge in [0, 0.05) is 24.3 Å². The predicted molar refractivity (Wildman–Crippen MR) is 125 cm³/mol. The third kappa shape index (κ3) is 9.11. The first-order chi connectivity index (χ1) is 17.9. The number of ether oxygens (including phenoxy) is 3. The van der Waals surface area contributed by atoms with Crippen LogP contribution < -0.4 is 5.32 Å². The fraction of sp³-hybridized carbons (Fsp3) is 0.292. The van der Waals surface area contributed by atoms with Gasteiger partial charge in [-0.2, -0.15) is 18.3 Å². The largest absolute Gasteiger partial charge is 0.490 e. The SMILES string of the molecule is COC(=O)[C@@H](Cc1ccc2[nH]ncc2c1COC(C)=O)NC(=O)OCc1ccccc1.O=C(O)C(F)(F)F. The number of hydrogen-bond donors (Lipinski definition) is 3. The molecule has 0 bridgehead atoms. The van der Waals surface area contributed by atoms with E-state index < -0.39 is 36.2 Å². The summed E-state index contributed by atoms with van der Waals surface area (Å²) in [4.78, 5) is 44.8. The van der Waals surface area contributed by atoms with E-state index in [0.29, 0.717) is 11.1 Å². The number of aliphatic carboxylic acids is 1. The lowest BCUT2D eigenvalue weighted by atomic mass is 9.97. The van der Waals surface area contributed by atoms with Gasteiger partial charge in [-0.25, -0.2) is 14.4 Å². The minimum Gasteiger partial charge on any atom is -0.475 e. The van der Waals surface area contributed by atoms with Gasteiger partial charge in [0.05, 0.1) is 18.8 Å². The number of carboxylic acid groups (broad SMARTS) is 1. The molecular formula is C24H24F3N3O8. The number of aromatic nitrogens is 2.